The molecule has 5 heteroatoms. The highest BCUT2D eigenvalue weighted by Crippen LogP contribution is 2.26. The molecule has 2 aromatic carbocycles. The van der Waals surface area contributed by atoms with Gasteiger partial charge in [-0.05, 0) is 30.0 Å². The molecule has 1 aliphatic rings. The average Bonchev–Trinajstić information content (AvgIpc) is 3.26. The van der Waals surface area contributed by atoms with Gasteiger partial charge in [-0.3, -0.25) is 4.98 Å². The van der Waals surface area contributed by atoms with Crippen molar-refractivity contribution in [3.63, 3.8) is 0 Å². The van der Waals surface area contributed by atoms with E-state index in [0.717, 1.165) is 47.2 Å². The van der Waals surface area contributed by atoms with Gasteiger partial charge in [-0.2, -0.15) is 5.26 Å². The van der Waals surface area contributed by atoms with Crippen molar-refractivity contribution in [2.45, 2.75) is 32.1 Å². The van der Waals surface area contributed by atoms with Crippen LogP contribution in [0, 0.1) is 11.3 Å². The Morgan fingerprint density at radius 2 is 2.07 bits per heavy atom. The van der Waals surface area contributed by atoms with Crippen LogP contribution in [-0.2, 0) is 22.6 Å². The Morgan fingerprint density at radius 3 is 2.93 bits per heavy atom. The highest BCUT2D eigenvalue weighted by Gasteiger charge is 2.15. The number of hydrogen-bond acceptors (Lipinski definition) is 5. The summed E-state index contributed by atoms with van der Waals surface area (Å²) in [6.45, 7) is 2.71. The third kappa shape index (κ3) is 4.30. The van der Waals surface area contributed by atoms with Gasteiger partial charge < -0.3 is 14.8 Å². The third-order valence-corrected chi connectivity index (χ3v) is 4.95. The van der Waals surface area contributed by atoms with Crippen molar-refractivity contribution >= 4 is 16.6 Å². The molecule has 1 fully saturated rings. The second kappa shape index (κ2) is 8.83. The molecule has 3 aromatic rings. The molecule has 0 amide bonds. The van der Waals surface area contributed by atoms with Crippen molar-refractivity contribution in [2.24, 2.45) is 0 Å². The maximum absolute atomic E-state index is 9.45. The number of ether oxygens (including phenoxy) is 2. The predicted molar refractivity (Wildman–Crippen MR) is 109 cm³/mol. The lowest BCUT2D eigenvalue weighted by molar-refractivity contribution is 0.0106. The number of nitrogens with zero attached hydrogens (tertiary/aromatic N) is 2. The van der Waals surface area contributed by atoms with Gasteiger partial charge in [0.25, 0.3) is 0 Å². The predicted octanol–water partition coefficient (Wildman–Crippen LogP) is 4.41. The molecule has 0 spiro atoms. The molecule has 28 heavy (non-hydrogen) atoms. The first-order chi connectivity index (χ1) is 13.8. The lowest BCUT2D eigenvalue weighted by Gasteiger charge is -2.13. The molecule has 1 unspecified atom stereocenters. The summed E-state index contributed by atoms with van der Waals surface area (Å²) in [5, 5.41) is 13.8. The molecule has 4 rings (SSSR count). The summed E-state index contributed by atoms with van der Waals surface area (Å²) in [7, 11) is 0. The molecule has 1 N–H and O–H groups in total. The fourth-order valence-corrected chi connectivity index (χ4v) is 3.52. The van der Waals surface area contributed by atoms with Crippen molar-refractivity contribution in [3.05, 3.63) is 71.4 Å². The summed E-state index contributed by atoms with van der Waals surface area (Å²) in [6.07, 6.45) is 4.09. The molecule has 2 heterocycles. The minimum Gasteiger partial charge on any atom is -0.379 e. The van der Waals surface area contributed by atoms with Crippen LogP contribution in [0.4, 0.5) is 5.69 Å². The van der Waals surface area contributed by atoms with Crippen molar-refractivity contribution in [1.29, 1.82) is 5.26 Å². The van der Waals surface area contributed by atoms with Crippen LogP contribution in [0.25, 0.3) is 10.9 Å². The second-order valence-corrected chi connectivity index (χ2v) is 7.00. The number of nitrogens with one attached hydrogen (secondary N) is 1. The first-order valence-corrected chi connectivity index (χ1v) is 9.62. The largest absolute Gasteiger partial charge is 0.379 e. The number of para-hydroxylation sites is 1. The summed E-state index contributed by atoms with van der Waals surface area (Å²) >= 11 is 0. The number of anilines is 1. The Morgan fingerprint density at radius 1 is 1.18 bits per heavy atom. The molecule has 0 bridgehead atoms. The van der Waals surface area contributed by atoms with Gasteiger partial charge in [0.05, 0.1) is 36.1 Å². The zero-order chi connectivity index (χ0) is 19.2. The van der Waals surface area contributed by atoms with Crippen LogP contribution < -0.4 is 5.32 Å². The van der Waals surface area contributed by atoms with Gasteiger partial charge in [0.2, 0.25) is 0 Å². The number of rotatable bonds is 7. The molecule has 0 radical (unpaired) electrons. The molecule has 142 valence electrons. The summed E-state index contributed by atoms with van der Waals surface area (Å²) in [5.74, 6) is 0. The lowest BCUT2D eigenvalue weighted by Crippen LogP contribution is -2.13. The number of pyridine rings is 1. The maximum atomic E-state index is 9.45. The summed E-state index contributed by atoms with van der Waals surface area (Å²) in [4.78, 5) is 4.36. The monoisotopic (exact) mass is 373 g/mol. The van der Waals surface area contributed by atoms with Crippen LogP contribution in [0.5, 0.6) is 0 Å². The average molecular weight is 373 g/mol. The molecule has 1 aliphatic heterocycles. The quantitative estimate of drug-likeness (QED) is 0.664. The molecular formula is C23H23N3O2. The summed E-state index contributed by atoms with van der Waals surface area (Å²) in [6, 6.07) is 18.4. The van der Waals surface area contributed by atoms with Crippen LogP contribution in [0.2, 0.25) is 0 Å². The van der Waals surface area contributed by atoms with E-state index in [4.69, 9.17) is 9.47 Å². The number of fused-ring (bicyclic) bond motifs is 1. The lowest BCUT2D eigenvalue weighted by atomic mass is 10.1. The topological polar surface area (TPSA) is 67.2 Å². The van der Waals surface area contributed by atoms with Crippen molar-refractivity contribution in [3.8, 4) is 6.07 Å². The van der Waals surface area contributed by atoms with Crippen LogP contribution in [0.15, 0.2) is 54.7 Å². The van der Waals surface area contributed by atoms with E-state index in [-0.39, 0.29) is 6.10 Å². The third-order valence-electron chi connectivity index (χ3n) is 4.95. The highest BCUT2D eigenvalue weighted by molar-refractivity contribution is 5.93. The standard InChI is InChI=1S/C23H23N3O2/c24-12-19-14-25-22-9-2-1-8-21(22)23(19)26-13-17-5-3-6-18(11-17)15-27-16-20-7-4-10-28-20/h1-3,5-6,8-9,11,14,20H,4,7,10,13,15-16H2,(H,25,26). The van der Waals surface area contributed by atoms with Crippen molar-refractivity contribution < 1.29 is 9.47 Å². The molecule has 1 saturated heterocycles. The Labute approximate surface area is 164 Å². The van der Waals surface area contributed by atoms with Crippen molar-refractivity contribution in [1.82, 2.24) is 4.98 Å². The van der Waals surface area contributed by atoms with Gasteiger partial charge in [-0.25, -0.2) is 0 Å². The van der Waals surface area contributed by atoms with E-state index in [1.807, 2.05) is 30.3 Å². The Hall–Kier alpha value is -2.94. The van der Waals surface area contributed by atoms with E-state index in [0.29, 0.717) is 25.3 Å². The normalized spacial score (nSPS) is 16.2. The Bertz CT molecular complexity index is 991. The van der Waals surface area contributed by atoms with Crippen LogP contribution in [0.3, 0.4) is 0 Å². The van der Waals surface area contributed by atoms with E-state index in [1.54, 1.807) is 6.20 Å². The van der Waals surface area contributed by atoms with Crippen LogP contribution >= 0.6 is 0 Å². The maximum Gasteiger partial charge on any atom is 0.103 e. The Kier molecular flexibility index (Phi) is 5.81. The van der Waals surface area contributed by atoms with Crippen molar-refractivity contribution in [2.75, 3.05) is 18.5 Å². The SMILES string of the molecule is N#Cc1cnc2ccccc2c1NCc1cccc(COCC2CCCO2)c1. The zero-order valence-electron chi connectivity index (χ0n) is 15.7. The second-order valence-electron chi connectivity index (χ2n) is 7.00. The van der Waals surface area contributed by atoms with Crippen LogP contribution in [-0.4, -0.2) is 24.3 Å². The van der Waals surface area contributed by atoms with Gasteiger partial charge in [0.1, 0.15) is 6.07 Å². The van der Waals surface area contributed by atoms with E-state index < -0.39 is 0 Å². The van der Waals surface area contributed by atoms with E-state index in [9.17, 15) is 5.26 Å². The van der Waals surface area contributed by atoms with Gasteiger partial charge in [-0.1, -0.05) is 42.5 Å². The van der Waals surface area contributed by atoms with E-state index in [1.165, 1.54) is 0 Å². The van der Waals surface area contributed by atoms with Gasteiger partial charge >= 0.3 is 0 Å². The van der Waals surface area contributed by atoms with Crippen LogP contribution in [0.1, 0.15) is 29.5 Å². The zero-order valence-corrected chi connectivity index (χ0v) is 15.7. The first kappa shape index (κ1) is 18.4. The number of benzene rings is 2. The summed E-state index contributed by atoms with van der Waals surface area (Å²) < 4.78 is 11.4. The highest BCUT2D eigenvalue weighted by atomic mass is 16.5. The number of aromatic nitrogens is 1. The minimum absolute atomic E-state index is 0.245. The fourth-order valence-electron chi connectivity index (χ4n) is 3.52. The Balaban J connectivity index is 1.42. The molecular weight excluding hydrogens is 350 g/mol. The van der Waals surface area contributed by atoms with Gasteiger partial charge in [-0.15, -0.1) is 0 Å². The minimum atomic E-state index is 0.245. The van der Waals surface area contributed by atoms with E-state index in [2.05, 4.69) is 34.6 Å². The molecule has 0 saturated carbocycles. The number of hydrogen-bond donors (Lipinski definition) is 1. The first-order valence-electron chi connectivity index (χ1n) is 9.62. The fraction of sp³-hybridized carbons (Fsp3) is 0.304. The molecule has 1 aromatic heterocycles. The summed E-state index contributed by atoms with van der Waals surface area (Å²) in [5.41, 5.74) is 4.53. The number of nitriles is 1. The van der Waals surface area contributed by atoms with Gasteiger partial charge in [0, 0.05) is 24.7 Å². The molecule has 1 atom stereocenters. The van der Waals surface area contributed by atoms with E-state index >= 15 is 0 Å². The smallest absolute Gasteiger partial charge is 0.103 e. The van der Waals surface area contributed by atoms with Gasteiger partial charge in [0.15, 0.2) is 0 Å². The molecule has 5 nitrogen and oxygen atoms in total. The molecule has 0 aliphatic carbocycles.